The summed E-state index contributed by atoms with van der Waals surface area (Å²) in [6.45, 7) is 4.06. The van der Waals surface area contributed by atoms with E-state index in [1.165, 1.54) is 12.1 Å². The van der Waals surface area contributed by atoms with Crippen LogP contribution in [0.1, 0.15) is 25.5 Å². The summed E-state index contributed by atoms with van der Waals surface area (Å²) >= 11 is 0. The Balaban J connectivity index is 2.28. The first-order valence-electron chi connectivity index (χ1n) is 5.96. The molecule has 4 N–H and O–H groups in total. The van der Waals surface area contributed by atoms with Gasteiger partial charge in [-0.2, -0.15) is 4.98 Å². The summed E-state index contributed by atoms with van der Waals surface area (Å²) in [5.41, 5.74) is 4.09. The van der Waals surface area contributed by atoms with Crippen LogP contribution in [-0.4, -0.2) is 9.97 Å². The van der Waals surface area contributed by atoms with E-state index in [0.717, 1.165) is 5.69 Å². The highest BCUT2D eigenvalue weighted by Gasteiger charge is 2.07. The molecule has 2 rings (SSSR count). The molecule has 100 valence electrons. The van der Waals surface area contributed by atoms with Gasteiger partial charge in [-0.15, -0.1) is 0 Å². The lowest BCUT2D eigenvalue weighted by Gasteiger charge is -2.11. The van der Waals surface area contributed by atoms with Crippen molar-refractivity contribution in [3.8, 4) is 0 Å². The van der Waals surface area contributed by atoms with Crippen LogP contribution in [0.5, 0.6) is 0 Å². The van der Waals surface area contributed by atoms with Crippen LogP contribution >= 0.6 is 0 Å². The number of hydrogen-bond acceptors (Lipinski definition) is 5. The number of aromatic nitrogens is 2. The molecule has 1 aromatic heterocycles. The molecule has 0 aliphatic heterocycles. The molecule has 0 radical (unpaired) electrons. The summed E-state index contributed by atoms with van der Waals surface area (Å²) in [5, 5.41) is 3.02. The average Bonchev–Trinajstić information content (AvgIpc) is 2.41. The van der Waals surface area contributed by atoms with Crippen molar-refractivity contribution < 1.29 is 4.39 Å². The minimum Gasteiger partial charge on any atom is -0.324 e. The second-order valence-electron chi connectivity index (χ2n) is 4.43. The minimum atomic E-state index is -0.285. The van der Waals surface area contributed by atoms with E-state index in [0.29, 0.717) is 17.5 Å². The number of nitrogens with two attached hydrogens (primary N) is 1. The maximum Gasteiger partial charge on any atom is 0.229 e. The molecule has 0 amide bonds. The predicted molar refractivity (Wildman–Crippen MR) is 73.6 cm³/mol. The number of hydrazine groups is 1. The third kappa shape index (κ3) is 3.38. The molecule has 19 heavy (non-hydrogen) atoms. The lowest BCUT2D eigenvalue weighted by molar-refractivity contribution is 0.628. The molecule has 0 fully saturated rings. The first kappa shape index (κ1) is 13.2. The molecule has 0 spiro atoms. The Labute approximate surface area is 111 Å². The quantitative estimate of drug-likeness (QED) is 0.583. The number of rotatable bonds is 4. The molecular weight excluding hydrogens is 245 g/mol. The fourth-order valence-electron chi connectivity index (χ4n) is 1.55. The van der Waals surface area contributed by atoms with Crippen molar-refractivity contribution in [1.82, 2.24) is 9.97 Å². The second-order valence-corrected chi connectivity index (χ2v) is 4.43. The fourth-order valence-corrected chi connectivity index (χ4v) is 1.55. The number of nitrogens with one attached hydrogen (secondary N) is 2. The van der Waals surface area contributed by atoms with Crippen LogP contribution in [0.2, 0.25) is 0 Å². The summed E-state index contributed by atoms with van der Waals surface area (Å²) in [4.78, 5) is 8.59. The van der Waals surface area contributed by atoms with Crippen LogP contribution in [0, 0.1) is 5.82 Å². The van der Waals surface area contributed by atoms with E-state index >= 15 is 0 Å². The van der Waals surface area contributed by atoms with Gasteiger partial charge in [0.1, 0.15) is 11.6 Å². The number of benzene rings is 1. The van der Waals surface area contributed by atoms with Crippen LogP contribution in [0.15, 0.2) is 30.3 Å². The topological polar surface area (TPSA) is 75.9 Å². The molecule has 0 aliphatic carbocycles. The maximum atomic E-state index is 12.8. The van der Waals surface area contributed by atoms with Crippen molar-refractivity contribution in [1.29, 1.82) is 0 Å². The number of nitrogen functional groups attached to an aromatic ring is 1. The van der Waals surface area contributed by atoms with Crippen molar-refractivity contribution in [2.24, 2.45) is 5.84 Å². The van der Waals surface area contributed by atoms with Crippen molar-refractivity contribution in [3.63, 3.8) is 0 Å². The Hall–Kier alpha value is -2.21. The van der Waals surface area contributed by atoms with Gasteiger partial charge in [0.2, 0.25) is 5.95 Å². The number of hydrogen-bond donors (Lipinski definition) is 3. The molecule has 0 saturated heterocycles. The second kappa shape index (κ2) is 5.62. The monoisotopic (exact) mass is 261 g/mol. The largest absolute Gasteiger partial charge is 0.324 e. The summed E-state index contributed by atoms with van der Waals surface area (Å²) in [5.74, 6) is 6.30. The molecule has 0 unspecified atom stereocenters. The third-order valence-electron chi connectivity index (χ3n) is 2.59. The van der Waals surface area contributed by atoms with Crippen LogP contribution in [0.4, 0.5) is 21.8 Å². The SMILES string of the molecule is CC(C)c1cc(NN)nc(Nc2ccc(F)cc2)n1. The summed E-state index contributed by atoms with van der Waals surface area (Å²) in [6.07, 6.45) is 0. The zero-order valence-electron chi connectivity index (χ0n) is 10.8. The number of halogens is 1. The standard InChI is InChI=1S/C13H16FN5/c1-8(2)11-7-12(19-15)18-13(17-11)16-10-5-3-9(14)4-6-10/h3-8H,15H2,1-2H3,(H2,16,17,18,19). The normalized spacial score (nSPS) is 10.6. The van der Waals surface area contributed by atoms with Gasteiger partial charge >= 0.3 is 0 Å². The van der Waals surface area contributed by atoms with Crippen molar-refractivity contribution in [2.45, 2.75) is 19.8 Å². The highest BCUT2D eigenvalue weighted by Crippen LogP contribution is 2.19. The Morgan fingerprint density at radius 2 is 1.84 bits per heavy atom. The van der Waals surface area contributed by atoms with Crippen LogP contribution in [0.3, 0.4) is 0 Å². The first-order chi connectivity index (χ1) is 9.08. The summed E-state index contributed by atoms with van der Waals surface area (Å²) in [7, 11) is 0. The predicted octanol–water partition coefficient (Wildman–Crippen LogP) is 2.77. The maximum absolute atomic E-state index is 12.8. The molecule has 1 heterocycles. The van der Waals surface area contributed by atoms with Crippen molar-refractivity contribution in [3.05, 3.63) is 41.8 Å². The van der Waals surface area contributed by atoms with Gasteiger partial charge in [0.05, 0.1) is 5.69 Å². The van der Waals surface area contributed by atoms with E-state index in [-0.39, 0.29) is 11.7 Å². The highest BCUT2D eigenvalue weighted by atomic mass is 19.1. The average molecular weight is 261 g/mol. The van der Waals surface area contributed by atoms with Gasteiger partial charge in [0.15, 0.2) is 0 Å². The molecule has 0 bridgehead atoms. The van der Waals surface area contributed by atoms with E-state index in [2.05, 4.69) is 20.7 Å². The van der Waals surface area contributed by atoms with Crippen LogP contribution < -0.4 is 16.6 Å². The number of anilines is 3. The first-order valence-corrected chi connectivity index (χ1v) is 5.96. The van der Waals surface area contributed by atoms with E-state index < -0.39 is 0 Å². The van der Waals surface area contributed by atoms with Gasteiger partial charge in [-0.05, 0) is 30.2 Å². The molecule has 5 nitrogen and oxygen atoms in total. The van der Waals surface area contributed by atoms with Crippen molar-refractivity contribution in [2.75, 3.05) is 10.7 Å². The zero-order chi connectivity index (χ0) is 13.8. The lowest BCUT2D eigenvalue weighted by atomic mass is 10.1. The van der Waals surface area contributed by atoms with Gasteiger partial charge in [0, 0.05) is 11.8 Å². The van der Waals surface area contributed by atoms with Crippen LogP contribution in [0.25, 0.3) is 0 Å². The van der Waals surface area contributed by atoms with E-state index in [9.17, 15) is 4.39 Å². The molecule has 0 saturated carbocycles. The Morgan fingerprint density at radius 3 is 2.42 bits per heavy atom. The molecule has 6 heteroatoms. The Kier molecular flexibility index (Phi) is 3.91. The Morgan fingerprint density at radius 1 is 1.16 bits per heavy atom. The minimum absolute atomic E-state index is 0.254. The van der Waals surface area contributed by atoms with Gasteiger partial charge in [-0.3, -0.25) is 0 Å². The van der Waals surface area contributed by atoms with Crippen molar-refractivity contribution >= 4 is 17.5 Å². The van der Waals surface area contributed by atoms with Gasteiger partial charge in [-0.1, -0.05) is 13.8 Å². The highest BCUT2D eigenvalue weighted by molar-refractivity contribution is 5.55. The Bertz CT molecular complexity index is 553. The van der Waals surface area contributed by atoms with Gasteiger partial charge in [-0.25, -0.2) is 15.2 Å². The third-order valence-corrected chi connectivity index (χ3v) is 2.59. The molecule has 2 aromatic rings. The molecular formula is C13H16FN5. The van der Waals surface area contributed by atoms with E-state index in [4.69, 9.17) is 5.84 Å². The fraction of sp³-hybridized carbons (Fsp3) is 0.231. The smallest absolute Gasteiger partial charge is 0.229 e. The van der Waals surface area contributed by atoms with Crippen LogP contribution in [-0.2, 0) is 0 Å². The zero-order valence-corrected chi connectivity index (χ0v) is 10.8. The summed E-state index contributed by atoms with van der Waals surface area (Å²) in [6, 6.07) is 7.78. The summed E-state index contributed by atoms with van der Waals surface area (Å²) < 4.78 is 12.8. The van der Waals surface area contributed by atoms with Gasteiger partial charge in [0.25, 0.3) is 0 Å². The van der Waals surface area contributed by atoms with E-state index in [1.807, 2.05) is 13.8 Å². The lowest BCUT2D eigenvalue weighted by Crippen LogP contribution is -2.11. The van der Waals surface area contributed by atoms with E-state index in [1.54, 1.807) is 18.2 Å². The molecule has 1 aromatic carbocycles. The van der Waals surface area contributed by atoms with Gasteiger partial charge < -0.3 is 10.7 Å². The number of nitrogens with zero attached hydrogens (tertiary/aromatic N) is 2. The molecule has 0 atom stereocenters. The molecule has 0 aliphatic rings.